The molecule has 2 aromatic carbocycles. The van der Waals surface area contributed by atoms with Crippen LogP contribution in [0.1, 0.15) is 38.6 Å². The van der Waals surface area contributed by atoms with Gasteiger partial charge < -0.3 is 18.9 Å². The molecule has 37 heavy (non-hydrogen) atoms. The van der Waals surface area contributed by atoms with Crippen LogP contribution in [0.4, 0.5) is 10.1 Å². The van der Waals surface area contributed by atoms with Crippen molar-refractivity contribution >= 4 is 39.6 Å². The van der Waals surface area contributed by atoms with Crippen molar-refractivity contribution in [1.82, 2.24) is 8.94 Å². The molecule has 1 saturated heterocycles. The zero-order chi connectivity index (χ0) is 26.3. The van der Waals surface area contributed by atoms with Crippen molar-refractivity contribution in [2.75, 3.05) is 32.2 Å². The lowest BCUT2D eigenvalue weighted by molar-refractivity contribution is 0.0598. The van der Waals surface area contributed by atoms with Gasteiger partial charge in [0.1, 0.15) is 16.3 Å². The zero-order valence-electron chi connectivity index (χ0n) is 20.5. The van der Waals surface area contributed by atoms with Crippen LogP contribution in [-0.4, -0.2) is 48.5 Å². The van der Waals surface area contributed by atoms with E-state index < -0.39 is 11.8 Å². The van der Waals surface area contributed by atoms with Gasteiger partial charge >= 0.3 is 5.97 Å². The van der Waals surface area contributed by atoms with Gasteiger partial charge in [-0.05, 0) is 53.8 Å². The van der Waals surface area contributed by atoms with Gasteiger partial charge in [0.05, 0.1) is 19.8 Å². The van der Waals surface area contributed by atoms with Crippen molar-refractivity contribution in [2.24, 2.45) is 7.05 Å². The van der Waals surface area contributed by atoms with Crippen LogP contribution >= 0.6 is 11.5 Å². The number of hydrogen-bond donors (Lipinski definition) is 0. The van der Waals surface area contributed by atoms with Crippen LogP contribution in [0.5, 0.6) is 5.75 Å². The number of aldehydes is 1. The molecule has 0 radical (unpaired) electrons. The summed E-state index contributed by atoms with van der Waals surface area (Å²) >= 11 is 1.12. The number of nitrogens with zero attached hydrogens (tertiary/aromatic N) is 3. The monoisotopic (exact) mass is 521 g/mol. The molecule has 0 aliphatic carbocycles. The normalized spacial score (nSPS) is 15.2. The number of halogens is 1. The summed E-state index contributed by atoms with van der Waals surface area (Å²) in [6, 6.07) is 8.27. The zero-order valence-corrected chi connectivity index (χ0v) is 21.3. The Balaban J connectivity index is 1.49. The predicted molar refractivity (Wildman–Crippen MR) is 140 cm³/mol. The molecule has 0 spiro atoms. The van der Waals surface area contributed by atoms with E-state index in [0.717, 1.165) is 17.2 Å². The van der Waals surface area contributed by atoms with Crippen LogP contribution < -0.4 is 15.2 Å². The van der Waals surface area contributed by atoms with E-state index in [1.165, 1.54) is 24.9 Å². The lowest BCUT2D eigenvalue weighted by Crippen LogP contribution is -2.20. The number of hydrogen-bond acceptors (Lipinski definition) is 8. The number of pyridine rings is 1. The van der Waals surface area contributed by atoms with Gasteiger partial charge in [0.15, 0.2) is 6.29 Å². The molecule has 0 saturated carbocycles. The average molecular weight is 522 g/mol. The van der Waals surface area contributed by atoms with Crippen molar-refractivity contribution < 1.29 is 23.5 Å². The molecular formula is C27H24FN3O5S. The van der Waals surface area contributed by atoms with Crippen molar-refractivity contribution in [3.63, 3.8) is 0 Å². The van der Waals surface area contributed by atoms with E-state index in [2.05, 4.69) is 4.37 Å². The first-order valence-electron chi connectivity index (χ1n) is 11.6. The lowest BCUT2D eigenvalue weighted by atomic mass is 9.93. The summed E-state index contributed by atoms with van der Waals surface area (Å²) in [4.78, 5) is 38.0. The van der Waals surface area contributed by atoms with Crippen LogP contribution in [0, 0.1) is 5.82 Å². The van der Waals surface area contributed by atoms with Crippen molar-refractivity contribution in [2.45, 2.75) is 12.3 Å². The highest BCUT2D eigenvalue weighted by Gasteiger charge is 2.30. The molecule has 0 bridgehead atoms. The molecule has 0 N–H and O–H groups in total. The number of esters is 1. The maximum Gasteiger partial charge on any atom is 0.338 e. The first kappa shape index (κ1) is 24.6. The van der Waals surface area contributed by atoms with Gasteiger partial charge in [0.2, 0.25) is 0 Å². The smallest absolute Gasteiger partial charge is 0.338 e. The van der Waals surface area contributed by atoms with Crippen LogP contribution in [0.2, 0.25) is 0 Å². The van der Waals surface area contributed by atoms with Gasteiger partial charge in [-0.2, -0.15) is 4.37 Å². The number of benzene rings is 2. The van der Waals surface area contributed by atoms with Crippen LogP contribution in [0.15, 0.2) is 47.5 Å². The van der Waals surface area contributed by atoms with Crippen molar-refractivity contribution in [1.29, 1.82) is 0 Å². The fourth-order valence-corrected chi connectivity index (χ4v) is 5.72. The molecule has 1 unspecified atom stereocenters. The lowest BCUT2D eigenvalue weighted by Gasteiger charge is -2.21. The second-order valence-corrected chi connectivity index (χ2v) is 9.72. The maximum absolute atomic E-state index is 15.7. The van der Waals surface area contributed by atoms with Gasteiger partial charge in [-0.25, -0.2) is 9.18 Å². The van der Waals surface area contributed by atoms with Crippen molar-refractivity contribution in [3.05, 3.63) is 75.6 Å². The van der Waals surface area contributed by atoms with E-state index in [4.69, 9.17) is 9.47 Å². The Bertz CT molecular complexity index is 1600. The second-order valence-electron chi connectivity index (χ2n) is 8.91. The first-order chi connectivity index (χ1) is 17.9. The summed E-state index contributed by atoms with van der Waals surface area (Å²) in [5, 5.41) is 0.675. The van der Waals surface area contributed by atoms with E-state index in [-0.39, 0.29) is 22.6 Å². The highest BCUT2D eigenvalue weighted by atomic mass is 32.1. The van der Waals surface area contributed by atoms with Gasteiger partial charge in [-0.15, -0.1) is 0 Å². The molecule has 1 aliphatic heterocycles. The summed E-state index contributed by atoms with van der Waals surface area (Å²) in [6.45, 7) is 1.14. The van der Waals surface area contributed by atoms with Crippen molar-refractivity contribution in [3.8, 4) is 16.9 Å². The number of aromatic nitrogens is 2. The molecule has 8 nitrogen and oxygen atoms in total. The molecule has 1 fully saturated rings. The largest absolute Gasteiger partial charge is 0.496 e. The van der Waals surface area contributed by atoms with E-state index >= 15 is 4.39 Å². The van der Waals surface area contributed by atoms with Crippen LogP contribution in [0.25, 0.3) is 21.2 Å². The number of anilines is 1. The van der Waals surface area contributed by atoms with Crippen LogP contribution in [-0.2, 0) is 11.8 Å². The number of carbonyl (C=O) groups is 2. The SMILES string of the molecule is COC(=O)c1cc(N2CCC(c3c(F)cc(-c4cn(C)c(=O)c5sncc45)cc3OC)C2)ccc1C=O. The van der Waals surface area contributed by atoms with Gasteiger partial charge in [0, 0.05) is 66.2 Å². The Morgan fingerprint density at radius 2 is 2.05 bits per heavy atom. The summed E-state index contributed by atoms with van der Waals surface area (Å²) in [5.74, 6) is -0.702. The van der Waals surface area contributed by atoms with Gasteiger partial charge in [-0.1, -0.05) is 0 Å². The fourth-order valence-electron chi connectivity index (χ4n) is 4.97. The highest BCUT2D eigenvalue weighted by Crippen LogP contribution is 2.41. The Kier molecular flexibility index (Phi) is 6.51. The molecule has 2 aromatic heterocycles. The molecule has 1 aliphatic rings. The number of carbonyl (C=O) groups excluding carboxylic acids is 2. The van der Waals surface area contributed by atoms with E-state index in [9.17, 15) is 14.4 Å². The Labute approximate surface area is 216 Å². The van der Waals surface area contributed by atoms with E-state index in [1.807, 2.05) is 4.90 Å². The second kappa shape index (κ2) is 9.78. The van der Waals surface area contributed by atoms with Gasteiger partial charge in [-0.3, -0.25) is 9.59 Å². The van der Waals surface area contributed by atoms with E-state index in [1.54, 1.807) is 43.7 Å². The topological polar surface area (TPSA) is 90.7 Å². The molecular weight excluding hydrogens is 497 g/mol. The predicted octanol–water partition coefficient (Wildman–Crippen LogP) is 4.40. The Hall–Kier alpha value is -4.05. The number of aryl methyl sites for hydroxylation is 1. The maximum atomic E-state index is 15.7. The third kappa shape index (κ3) is 4.27. The standard InChI is InChI=1S/C27H24FN3O5S/c1-30-13-21(20-11-29-37-25(20)26(30)33)17-8-22(28)24(23(9-17)35-2)15-6-7-31(12-15)18-5-4-16(14-32)19(10-18)27(34)36-3/h4-5,8-11,13-15H,6-7,12H2,1-3H3. The molecule has 1 atom stereocenters. The third-order valence-electron chi connectivity index (χ3n) is 6.85. The number of fused-ring (bicyclic) bond motifs is 1. The molecule has 190 valence electrons. The molecule has 0 amide bonds. The van der Waals surface area contributed by atoms with E-state index in [0.29, 0.717) is 58.3 Å². The minimum atomic E-state index is -0.587. The average Bonchev–Trinajstić information content (AvgIpc) is 3.60. The number of ether oxygens (including phenoxy) is 2. The summed E-state index contributed by atoms with van der Waals surface area (Å²) in [7, 11) is 4.44. The fraction of sp³-hybridized carbons (Fsp3) is 0.259. The minimum absolute atomic E-state index is 0.145. The molecule has 4 aromatic rings. The molecule has 5 rings (SSSR count). The summed E-state index contributed by atoms with van der Waals surface area (Å²) < 4.78 is 32.3. The summed E-state index contributed by atoms with van der Waals surface area (Å²) in [6.07, 6.45) is 4.61. The highest BCUT2D eigenvalue weighted by molar-refractivity contribution is 7.13. The molecule has 10 heteroatoms. The molecule has 3 heterocycles. The third-order valence-corrected chi connectivity index (χ3v) is 7.64. The quantitative estimate of drug-likeness (QED) is 0.274. The number of methoxy groups -OCH3 is 2. The Morgan fingerprint density at radius 3 is 2.78 bits per heavy atom. The summed E-state index contributed by atoms with van der Waals surface area (Å²) in [5.41, 5.74) is 2.83. The number of rotatable bonds is 6. The van der Waals surface area contributed by atoms with Gasteiger partial charge in [0.25, 0.3) is 5.56 Å². The van der Waals surface area contributed by atoms with Crippen LogP contribution in [0.3, 0.4) is 0 Å². The minimum Gasteiger partial charge on any atom is -0.496 e. The Morgan fingerprint density at radius 1 is 1.24 bits per heavy atom. The first-order valence-corrected chi connectivity index (χ1v) is 12.4.